The van der Waals surface area contributed by atoms with Crippen molar-refractivity contribution in [3.05, 3.63) is 194 Å². The molecule has 0 radical (unpaired) electrons. The SMILES string of the molecule is CCCCCCC1(CCCCCC)c2cc(C(=O)c3ccc(OC)cc3)ccc2-c2c1c1c(c3c2C(CCCCCC)(CCCCCC)c2cc(C(=O)c4ccc(OC)cc4)ccc2-3)C(CCCCCC)(CCCCCC)c2cc(C(=O)c3ccc(OC)cc3)ccc2-1. The van der Waals surface area contributed by atoms with Gasteiger partial charge in [0, 0.05) is 49.6 Å². The van der Waals surface area contributed by atoms with Gasteiger partial charge in [0.05, 0.1) is 21.3 Å². The molecule has 0 heterocycles. The van der Waals surface area contributed by atoms with Crippen LogP contribution in [0.2, 0.25) is 0 Å². The Morgan fingerprint density at radius 1 is 0.269 bits per heavy atom. The van der Waals surface area contributed by atoms with E-state index in [1.807, 2.05) is 72.8 Å². The second-order valence-corrected chi connectivity index (χ2v) is 27.8. The lowest BCUT2D eigenvalue weighted by atomic mass is 9.63. The van der Waals surface area contributed by atoms with E-state index < -0.39 is 16.2 Å². The molecule has 6 nitrogen and oxygen atoms in total. The van der Waals surface area contributed by atoms with Crippen molar-refractivity contribution in [2.45, 2.75) is 250 Å². The molecule has 10 rings (SSSR count). The zero-order chi connectivity index (χ0) is 65.5. The maximum atomic E-state index is 15.4. The lowest BCUT2D eigenvalue weighted by Crippen LogP contribution is -2.31. The molecule has 93 heavy (non-hydrogen) atoms. The smallest absolute Gasteiger partial charge is 0.193 e. The molecule has 0 bridgehead atoms. The zero-order valence-corrected chi connectivity index (χ0v) is 58.3. The summed E-state index contributed by atoms with van der Waals surface area (Å²) in [7, 11) is 5.03. The Balaban J connectivity index is 1.40. The lowest BCUT2D eigenvalue weighted by molar-refractivity contribution is 0.103. The predicted octanol–water partition coefficient (Wildman–Crippen LogP) is 24.0. The van der Waals surface area contributed by atoms with Crippen molar-refractivity contribution in [2.24, 2.45) is 0 Å². The van der Waals surface area contributed by atoms with Crippen LogP contribution in [0.3, 0.4) is 0 Å². The van der Waals surface area contributed by atoms with E-state index in [4.69, 9.17) is 14.2 Å². The van der Waals surface area contributed by atoms with Gasteiger partial charge in [-0.1, -0.05) is 232 Å². The van der Waals surface area contributed by atoms with Crippen molar-refractivity contribution in [3.8, 4) is 50.6 Å². The summed E-state index contributed by atoms with van der Waals surface area (Å²) in [5.41, 5.74) is 19.3. The van der Waals surface area contributed by atoms with E-state index in [1.54, 1.807) is 21.3 Å². The van der Waals surface area contributed by atoms with Gasteiger partial charge in [-0.3, -0.25) is 14.4 Å². The molecule has 0 aromatic heterocycles. The molecule has 3 aliphatic rings. The van der Waals surface area contributed by atoms with Crippen molar-refractivity contribution in [3.63, 3.8) is 0 Å². The number of ether oxygens (including phenoxy) is 3. The summed E-state index contributed by atoms with van der Waals surface area (Å²) in [6, 6.07) is 43.8. The van der Waals surface area contributed by atoms with Crippen LogP contribution in [0.25, 0.3) is 33.4 Å². The standard InChI is InChI=1S/C87H108O6/c1-10-16-22-28-52-85(53-29-23-17-11-2)73-58-64(82(88)61-34-43-67(91-7)44-35-61)40-49-70(73)76-79(85)77-71-50-41-65(83(89)62-36-45-68(92-8)46-37-62)59-74(71)86(54-30-24-18-12-3,55-31-25-19-13-4)81(77)78-72-51-42-66(84(90)63-38-47-69(93-9)48-39-63)60-75(72)87(80(76)78,56-32-26-20-14-5)57-33-27-21-15-6/h34-51,58-60H,10-33,52-57H2,1-9H3. The highest BCUT2D eigenvalue weighted by atomic mass is 16.5. The van der Waals surface area contributed by atoms with E-state index in [1.165, 1.54) is 105 Å². The molecule has 0 fully saturated rings. The monoisotopic (exact) mass is 1250 g/mol. The van der Waals surface area contributed by atoms with Crippen LogP contribution in [0.15, 0.2) is 127 Å². The maximum Gasteiger partial charge on any atom is 0.193 e. The molecule has 7 aromatic carbocycles. The molecule has 0 saturated heterocycles. The van der Waals surface area contributed by atoms with Gasteiger partial charge < -0.3 is 14.2 Å². The molecule has 0 saturated carbocycles. The summed E-state index contributed by atoms with van der Waals surface area (Å²) < 4.78 is 16.9. The summed E-state index contributed by atoms with van der Waals surface area (Å²) in [6.07, 6.45) is 32.9. The number of methoxy groups -OCH3 is 3. The highest BCUT2D eigenvalue weighted by Crippen LogP contribution is 2.72. The molecule has 492 valence electrons. The van der Waals surface area contributed by atoms with Crippen LogP contribution in [0.4, 0.5) is 0 Å². The first-order valence-corrected chi connectivity index (χ1v) is 36.7. The fourth-order valence-corrected chi connectivity index (χ4v) is 17.1. The van der Waals surface area contributed by atoms with Gasteiger partial charge in [0.1, 0.15) is 17.2 Å². The van der Waals surface area contributed by atoms with E-state index in [2.05, 4.69) is 96.1 Å². The van der Waals surface area contributed by atoms with Crippen molar-refractivity contribution in [2.75, 3.05) is 21.3 Å². The van der Waals surface area contributed by atoms with Gasteiger partial charge in [0.15, 0.2) is 17.3 Å². The molecule has 0 amide bonds. The number of carbonyl (C=O) groups is 3. The van der Waals surface area contributed by atoms with Crippen LogP contribution < -0.4 is 14.2 Å². The molecule has 0 atom stereocenters. The number of carbonyl (C=O) groups excluding carboxylic acids is 3. The number of unbranched alkanes of at least 4 members (excludes halogenated alkanes) is 18. The summed E-state index contributed by atoms with van der Waals surface area (Å²) in [4.78, 5) is 46.1. The Morgan fingerprint density at radius 2 is 0.473 bits per heavy atom. The second kappa shape index (κ2) is 31.9. The van der Waals surface area contributed by atoms with Gasteiger partial charge in [-0.2, -0.15) is 0 Å². The Morgan fingerprint density at radius 3 is 0.667 bits per heavy atom. The Hall–Kier alpha value is -7.05. The average Bonchev–Trinajstić information content (AvgIpc) is 1.48. The van der Waals surface area contributed by atoms with Gasteiger partial charge >= 0.3 is 0 Å². The highest BCUT2D eigenvalue weighted by Gasteiger charge is 2.58. The Labute approximate surface area is 559 Å². The summed E-state index contributed by atoms with van der Waals surface area (Å²) in [5, 5.41) is 0. The molecule has 0 unspecified atom stereocenters. The molecule has 0 spiro atoms. The molecule has 3 aliphatic carbocycles. The second-order valence-electron chi connectivity index (χ2n) is 27.8. The normalized spacial score (nSPS) is 14.0. The highest BCUT2D eigenvalue weighted by molar-refractivity contribution is 6.13. The summed E-state index contributed by atoms with van der Waals surface area (Å²) in [5.74, 6) is 2.26. The number of hydrogen-bond donors (Lipinski definition) is 0. The van der Waals surface area contributed by atoms with E-state index >= 15 is 14.4 Å². The van der Waals surface area contributed by atoms with Crippen LogP contribution >= 0.6 is 0 Å². The van der Waals surface area contributed by atoms with Crippen LogP contribution in [-0.2, 0) is 16.2 Å². The first kappa shape index (κ1) is 68.8. The minimum absolute atomic E-state index is 0.0259. The third-order valence-corrected chi connectivity index (χ3v) is 21.9. The Bertz CT molecular complexity index is 3230. The summed E-state index contributed by atoms with van der Waals surface area (Å²) in [6.45, 7) is 14.0. The number of hydrogen-bond acceptors (Lipinski definition) is 6. The Kier molecular flexibility index (Phi) is 23.6. The fraction of sp³-hybridized carbons (Fsp3) is 0.483. The number of ketones is 3. The molecule has 6 heteroatoms. The minimum atomic E-state index is -0.447. The van der Waals surface area contributed by atoms with Crippen molar-refractivity contribution >= 4 is 17.3 Å². The van der Waals surface area contributed by atoms with E-state index in [-0.39, 0.29) is 17.3 Å². The lowest BCUT2D eigenvalue weighted by Gasteiger charge is -2.40. The largest absolute Gasteiger partial charge is 0.497 e. The fourth-order valence-electron chi connectivity index (χ4n) is 17.1. The molecule has 0 aliphatic heterocycles. The van der Waals surface area contributed by atoms with E-state index in [0.29, 0.717) is 16.7 Å². The van der Waals surface area contributed by atoms with Crippen LogP contribution in [0, 0.1) is 0 Å². The topological polar surface area (TPSA) is 78.9 Å². The van der Waals surface area contributed by atoms with E-state index in [0.717, 1.165) is 188 Å². The van der Waals surface area contributed by atoms with Gasteiger partial charge in [0.25, 0.3) is 0 Å². The van der Waals surface area contributed by atoms with Crippen LogP contribution in [0.1, 0.15) is 315 Å². The number of benzene rings is 7. The number of fused-ring (bicyclic) bond motifs is 12. The van der Waals surface area contributed by atoms with Gasteiger partial charge in [0.2, 0.25) is 0 Å². The van der Waals surface area contributed by atoms with E-state index in [9.17, 15) is 0 Å². The minimum Gasteiger partial charge on any atom is -0.497 e. The zero-order valence-electron chi connectivity index (χ0n) is 58.3. The molecule has 7 aromatic rings. The van der Waals surface area contributed by atoms with Gasteiger partial charge in [-0.25, -0.2) is 0 Å². The van der Waals surface area contributed by atoms with Gasteiger partial charge in [-0.15, -0.1) is 0 Å². The van der Waals surface area contributed by atoms with Crippen molar-refractivity contribution < 1.29 is 28.6 Å². The first-order valence-electron chi connectivity index (χ1n) is 36.7. The third kappa shape index (κ3) is 13.8. The first-order chi connectivity index (χ1) is 45.5. The van der Waals surface area contributed by atoms with Gasteiger partial charge in [-0.05, 0) is 196 Å². The average molecular weight is 1250 g/mol. The third-order valence-electron chi connectivity index (χ3n) is 21.9. The van der Waals surface area contributed by atoms with Crippen molar-refractivity contribution in [1.29, 1.82) is 0 Å². The maximum absolute atomic E-state index is 15.4. The molecular formula is C87H108O6. The van der Waals surface area contributed by atoms with Crippen LogP contribution in [0.5, 0.6) is 17.2 Å². The number of rotatable bonds is 39. The van der Waals surface area contributed by atoms with Crippen LogP contribution in [-0.4, -0.2) is 38.7 Å². The molecular weight excluding hydrogens is 1140 g/mol. The predicted molar refractivity (Wildman–Crippen MR) is 387 cm³/mol. The summed E-state index contributed by atoms with van der Waals surface area (Å²) >= 11 is 0. The van der Waals surface area contributed by atoms with Crippen molar-refractivity contribution in [1.82, 2.24) is 0 Å². The molecule has 0 N–H and O–H groups in total. The quantitative estimate of drug-likeness (QED) is 0.0282.